The number of nitrogens with one attached hydrogen (secondary N) is 1. The van der Waals surface area contributed by atoms with E-state index in [1.807, 2.05) is 0 Å². The predicted octanol–water partition coefficient (Wildman–Crippen LogP) is 4.79. The average Bonchev–Trinajstić information content (AvgIpc) is 3.42. The molecule has 0 spiro atoms. The van der Waals surface area contributed by atoms with Crippen molar-refractivity contribution in [3.63, 3.8) is 0 Å². The van der Waals surface area contributed by atoms with Crippen molar-refractivity contribution in [1.29, 1.82) is 0 Å². The maximum absolute atomic E-state index is 13.0. The van der Waals surface area contributed by atoms with Gasteiger partial charge in [-0.05, 0) is 55.3 Å². The average molecular weight is 535 g/mol. The van der Waals surface area contributed by atoms with Crippen molar-refractivity contribution in [2.75, 3.05) is 11.8 Å². The van der Waals surface area contributed by atoms with Gasteiger partial charge in [-0.1, -0.05) is 36.3 Å². The van der Waals surface area contributed by atoms with Gasteiger partial charge in [-0.3, -0.25) is 14.1 Å². The van der Waals surface area contributed by atoms with E-state index in [1.54, 1.807) is 24.3 Å². The molecule has 0 unspecified atom stereocenters. The first kappa shape index (κ1) is 24.8. The van der Waals surface area contributed by atoms with Crippen LogP contribution < -0.4 is 15.0 Å². The molecule has 1 aliphatic rings. The van der Waals surface area contributed by atoms with Gasteiger partial charge in [0.25, 0.3) is 15.6 Å². The van der Waals surface area contributed by atoms with E-state index >= 15 is 0 Å². The Hall–Kier alpha value is -3.87. The van der Waals surface area contributed by atoms with Crippen LogP contribution in [0.4, 0.5) is 5.69 Å². The number of methoxy groups -OCH3 is 1. The van der Waals surface area contributed by atoms with Crippen LogP contribution in [0.3, 0.4) is 0 Å². The summed E-state index contributed by atoms with van der Waals surface area (Å²) in [5.41, 5.74) is 1.54. The zero-order chi connectivity index (χ0) is 26.0. The number of rotatable bonds is 5. The summed E-state index contributed by atoms with van der Waals surface area (Å²) in [6.45, 7) is 0. The SMILES string of the molecule is COc1cc(C#CC2CCCC2)c(Cl)cc1-n1c(=O)ccc2cc(S(=O)(=O)Nc3ccnnc3)ccc21. The molecule has 5 rings (SSSR count). The van der Waals surface area contributed by atoms with Crippen LogP contribution in [0.15, 0.2) is 70.6 Å². The van der Waals surface area contributed by atoms with Gasteiger partial charge in [0.2, 0.25) is 0 Å². The molecule has 4 aromatic rings. The third kappa shape index (κ3) is 5.17. The van der Waals surface area contributed by atoms with Crippen LogP contribution in [-0.2, 0) is 10.0 Å². The third-order valence-electron chi connectivity index (χ3n) is 6.29. The van der Waals surface area contributed by atoms with Crippen LogP contribution in [0.1, 0.15) is 31.2 Å². The predicted molar refractivity (Wildman–Crippen MR) is 143 cm³/mol. The van der Waals surface area contributed by atoms with E-state index in [0.29, 0.717) is 38.8 Å². The molecule has 0 amide bonds. The zero-order valence-electron chi connectivity index (χ0n) is 19.9. The lowest BCUT2D eigenvalue weighted by Gasteiger charge is -2.16. The molecule has 1 N–H and O–H groups in total. The van der Waals surface area contributed by atoms with Gasteiger partial charge in [-0.25, -0.2) is 8.42 Å². The molecule has 2 aromatic carbocycles. The first-order chi connectivity index (χ1) is 17.9. The van der Waals surface area contributed by atoms with E-state index in [4.69, 9.17) is 16.3 Å². The number of fused-ring (bicyclic) bond motifs is 1. The molecule has 37 heavy (non-hydrogen) atoms. The second-order valence-electron chi connectivity index (χ2n) is 8.72. The van der Waals surface area contributed by atoms with Crippen molar-refractivity contribution in [3.05, 3.63) is 81.9 Å². The molecule has 1 fully saturated rings. The molecule has 0 atom stereocenters. The molecule has 0 radical (unpaired) electrons. The standard InChI is InChI=1S/C27H23ClN4O4S/c1-36-26-15-19(7-6-18-4-2-3-5-18)23(28)16-25(26)32-24-10-9-22(14-20(24)8-11-27(32)33)37(34,35)31-21-12-13-29-30-17-21/h8-18H,2-5H2,1H3,(H,29,31). The molecule has 10 heteroatoms. The monoisotopic (exact) mass is 534 g/mol. The smallest absolute Gasteiger partial charge is 0.261 e. The molecular weight excluding hydrogens is 512 g/mol. The summed E-state index contributed by atoms with van der Waals surface area (Å²) < 4.78 is 35.4. The highest BCUT2D eigenvalue weighted by atomic mass is 35.5. The molecule has 1 aliphatic carbocycles. The molecule has 2 heterocycles. The van der Waals surface area contributed by atoms with Gasteiger partial charge >= 0.3 is 0 Å². The largest absolute Gasteiger partial charge is 0.495 e. The number of sulfonamides is 1. The van der Waals surface area contributed by atoms with E-state index in [9.17, 15) is 13.2 Å². The summed E-state index contributed by atoms with van der Waals surface area (Å²) in [6, 6.07) is 12.4. The Bertz CT molecular complexity index is 1700. The van der Waals surface area contributed by atoms with Crippen LogP contribution in [0.25, 0.3) is 16.6 Å². The topological polar surface area (TPSA) is 103 Å². The molecule has 0 aliphatic heterocycles. The van der Waals surface area contributed by atoms with Crippen molar-refractivity contribution in [2.24, 2.45) is 5.92 Å². The van der Waals surface area contributed by atoms with Gasteiger partial charge in [0, 0.05) is 22.9 Å². The van der Waals surface area contributed by atoms with E-state index in [0.717, 1.165) is 12.8 Å². The van der Waals surface area contributed by atoms with Crippen LogP contribution in [0.2, 0.25) is 5.02 Å². The first-order valence-corrected chi connectivity index (χ1v) is 13.6. The Kier molecular flexibility index (Phi) is 6.87. The van der Waals surface area contributed by atoms with E-state index in [1.165, 1.54) is 61.2 Å². The number of pyridine rings is 1. The molecule has 1 saturated carbocycles. The Morgan fingerprint density at radius 3 is 2.62 bits per heavy atom. The fourth-order valence-electron chi connectivity index (χ4n) is 4.43. The van der Waals surface area contributed by atoms with Gasteiger partial charge in [0.1, 0.15) is 5.75 Å². The van der Waals surface area contributed by atoms with Crippen LogP contribution in [-0.4, -0.2) is 30.3 Å². The van der Waals surface area contributed by atoms with Gasteiger partial charge in [0.05, 0.1) is 46.3 Å². The van der Waals surface area contributed by atoms with E-state index in [2.05, 4.69) is 26.8 Å². The maximum Gasteiger partial charge on any atom is 0.261 e. The summed E-state index contributed by atoms with van der Waals surface area (Å²) in [5, 5.41) is 8.27. The summed E-state index contributed by atoms with van der Waals surface area (Å²) in [4.78, 5) is 13.0. The number of nitrogens with zero attached hydrogens (tertiary/aromatic N) is 3. The highest BCUT2D eigenvalue weighted by Crippen LogP contribution is 2.32. The fourth-order valence-corrected chi connectivity index (χ4v) is 5.72. The normalized spacial score (nSPS) is 13.8. The van der Waals surface area contributed by atoms with Crippen molar-refractivity contribution >= 4 is 38.2 Å². The van der Waals surface area contributed by atoms with Crippen LogP contribution in [0.5, 0.6) is 5.75 Å². The number of aromatic nitrogens is 3. The van der Waals surface area contributed by atoms with Crippen LogP contribution >= 0.6 is 11.6 Å². The van der Waals surface area contributed by atoms with Gasteiger partial charge in [-0.2, -0.15) is 10.2 Å². The lowest BCUT2D eigenvalue weighted by molar-refractivity contribution is 0.413. The maximum atomic E-state index is 13.0. The molecule has 0 bridgehead atoms. The Balaban J connectivity index is 1.57. The summed E-state index contributed by atoms with van der Waals surface area (Å²) in [6.07, 6.45) is 7.28. The number of ether oxygens (including phenoxy) is 1. The zero-order valence-corrected chi connectivity index (χ0v) is 21.5. The Morgan fingerprint density at radius 2 is 1.89 bits per heavy atom. The van der Waals surface area contributed by atoms with Crippen molar-refractivity contribution in [1.82, 2.24) is 14.8 Å². The summed E-state index contributed by atoms with van der Waals surface area (Å²) in [7, 11) is -2.38. The molecule has 0 saturated heterocycles. The number of hydrogen-bond acceptors (Lipinski definition) is 6. The number of hydrogen-bond donors (Lipinski definition) is 1. The van der Waals surface area contributed by atoms with Crippen LogP contribution in [0, 0.1) is 17.8 Å². The highest BCUT2D eigenvalue weighted by molar-refractivity contribution is 7.92. The number of benzene rings is 2. The first-order valence-electron chi connectivity index (χ1n) is 11.7. The number of halogens is 1. The minimum atomic E-state index is -3.90. The highest BCUT2D eigenvalue weighted by Gasteiger charge is 2.19. The quantitative estimate of drug-likeness (QED) is 0.369. The number of anilines is 1. The molecular formula is C27H23ClN4O4S. The second kappa shape index (κ2) is 10.2. The van der Waals surface area contributed by atoms with Crippen molar-refractivity contribution in [2.45, 2.75) is 30.6 Å². The minimum Gasteiger partial charge on any atom is -0.495 e. The Labute approximate surface area is 219 Å². The van der Waals surface area contributed by atoms with E-state index in [-0.39, 0.29) is 16.1 Å². The molecule has 188 valence electrons. The van der Waals surface area contributed by atoms with Crippen molar-refractivity contribution < 1.29 is 13.2 Å². The Morgan fingerprint density at radius 1 is 1.08 bits per heavy atom. The van der Waals surface area contributed by atoms with Crippen molar-refractivity contribution in [3.8, 4) is 23.3 Å². The minimum absolute atomic E-state index is 0.0320. The summed E-state index contributed by atoms with van der Waals surface area (Å²) in [5.74, 6) is 7.27. The van der Waals surface area contributed by atoms with Gasteiger partial charge in [0.15, 0.2) is 0 Å². The van der Waals surface area contributed by atoms with Gasteiger partial charge < -0.3 is 4.74 Å². The second-order valence-corrected chi connectivity index (χ2v) is 10.8. The fraction of sp³-hybridized carbons (Fsp3) is 0.222. The third-order valence-corrected chi connectivity index (χ3v) is 7.98. The van der Waals surface area contributed by atoms with E-state index < -0.39 is 10.0 Å². The molecule has 2 aromatic heterocycles. The lowest BCUT2D eigenvalue weighted by Crippen LogP contribution is -2.19. The van der Waals surface area contributed by atoms with Gasteiger partial charge in [-0.15, -0.1) is 0 Å². The lowest BCUT2D eigenvalue weighted by atomic mass is 10.1. The molecule has 8 nitrogen and oxygen atoms in total. The summed E-state index contributed by atoms with van der Waals surface area (Å²) >= 11 is 6.59.